The van der Waals surface area contributed by atoms with Gasteiger partial charge in [-0.15, -0.1) is 0 Å². The number of sulfonamides is 1. The number of nitrogens with one attached hydrogen (secondary N) is 2. The van der Waals surface area contributed by atoms with Crippen LogP contribution in [0.25, 0.3) is 11.0 Å². The third-order valence-electron chi connectivity index (χ3n) is 6.18. The highest BCUT2D eigenvalue weighted by Gasteiger charge is 2.28. The largest absolute Gasteiger partial charge is 0.326 e. The predicted octanol–water partition coefficient (Wildman–Crippen LogP) is 4.03. The van der Waals surface area contributed by atoms with E-state index in [1.807, 2.05) is 32.0 Å². The number of nitrogens with zero attached hydrogens (tertiary/aromatic N) is 2. The van der Waals surface area contributed by atoms with E-state index in [-0.39, 0.29) is 22.6 Å². The minimum absolute atomic E-state index is 0.0393. The summed E-state index contributed by atoms with van der Waals surface area (Å²) in [5.74, 6) is 0.227. The molecule has 1 aromatic heterocycles. The number of rotatable bonds is 6. The number of aryl methyl sites for hydroxylation is 1. The van der Waals surface area contributed by atoms with Crippen LogP contribution in [0.5, 0.6) is 0 Å². The van der Waals surface area contributed by atoms with Crippen LogP contribution in [-0.4, -0.2) is 29.6 Å². The lowest BCUT2D eigenvalue weighted by Gasteiger charge is -2.28. The van der Waals surface area contributed by atoms with Crippen LogP contribution >= 0.6 is 11.7 Å². The van der Waals surface area contributed by atoms with Gasteiger partial charge in [0.1, 0.15) is 15.9 Å². The summed E-state index contributed by atoms with van der Waals surface area (Å²) in [7, 11) is -3.66. The zero-order valence-corrected chi connectivity index (χ0v) is 19.2. The Morgan fingerprint density at radius 2 is 1.81 bits per heavy atom. The highest BCUT2D eigenvalue weighted by atomic mass is 32.2. The monoisotopic (exact) mass is 458 g/mol. The van der Waals surface area contributed by atoms with E-state index in [0.717, 1.165) is 54.2 Å². The molecule has 164 valence electrons. The summed E-state index contributed by atoms with van der Waals surface area (Å²) in [6, 6.07) is 10.9. The molecule has 9 heteroatoms. The molecule has 0 bridgehead atoms. The van der Waals surface area contributed by atoms with Crippen molar-refractivity contribution in [3.63, 3.8) is 0 Å². The lowest BCUT2D eigenvalue weighted by molar-refractivity contribution is -0.121. The smallest absolute Gasteiger partial charge is 0.242 e. The summed E-state index contributed by atoms with van der Waals surface area (Å²) in [6.07, 6.45) is 3.15. The molecule has 4 rings (SSSR count). The minimum Gasteiger partial charge on any atom is -0.326 e. The lowest BCUT2D eigenvalue weighted by atomic mass is 9.81. The zero-order chi connectivity index (χ0) is 22.0. The van der Waals surface area contributed by atoms with Gasteiger partial charge in [-0.1, -0.05) is 18.2 Å². The molecule has 1 saturated carbocycles. The van der Waals surface area contributed by atoms with Crippen LogP contribution in [-0.2, 0) is 14.8 Å². The quantitative estimate of drug-likeness (QED) is 0.581. The number of fused-ring (bicyclic) bond motifs is 1. The summed E-state index contributed by atoms with van der Waals surface area (Å²) in [4.78, 5) is 12.9. The number of carbonyl (C=O) groups is 1. The Bertz CT molecular complexity index is 1200. The highest BCUT2D eigenvalue weighted by Crippen LogP contribution is 2.30. The molecule has 7 nitrogen and oxygen atoms in total. The van der Waals surface area contributed by atoms with E-state index < -0.39 is 10.0 Å². The third-order valence-corrected chi connectivity index (χ3v) is 8.18. The molecule has 0 atom stereocenters. The van der Waals surface area contributed by atoms with Crippen molar-refractivity contribution >= 4 is 44.4 Å². The number of carbonyl (C=O) groups excluding carboxylic acids is 1. The molecule has 0 unspecified atom stereocenters. The van der Waals surface area contributed by atoms with Crippen molar-refractivity contribution in [1.29, 1.82) is 0 Å². The Labute approximate surface area is 186 Å². The Balaban J connectivity index is 1.31. The lowest BCUT2D eigenvalue weighted by Crippen LogP contribution is -2.33. The molecule has 1 fully saturated rings. The van der Waals surface area contributed by atoms with E-state index in [1.165, 1.54) is 0 Å². The Hall–Kier alpha value is -2.36. The number of hydrogen-bond donors (Lipinski definition) is 2. The van der Waals surface area contributed by atoms with Crippen molar-refractivity contribution in [3.05, 3.63) is 47.5 Å². The number of hydrogen-bond acceptors (Lipinski definition) is 6. The van der Waals surface area contributed by atoms with Crippen molar-refractivity contribution in [2.75, 3.05) is 11.9 Å². The Morgan fingerprint density at radius 1 is 1.06 bits per heavy atom. The van der Waals surface area contributed by atoms with Gasteiger partial charge in [-0.25, -0.2) is 13.1 Å². The first-order valence-corrected chi connectivity index (χ1v) is 12.6. The number of amides is 1. The fourth-order valence-electron chi connectivity index (χ4n) is 4.05. The molecule has 2 N–H and O–H groups in total. The second-order valence-corrected chi connectivity index (χ2v) is 10.5. The summed E-state index contributed by atoms with van der Waals surface area (Å²) in [6.45, 7) is 4.40. The molecule has 0 radical (unpaired) electrons. The van der Waals surface area contributed by atoms with Gasteiger partial charge in [0, 0.05) is 18.2 Å². The molecule has 3 aromatic rings. The normalized spacial score (nSPS) is 19.4. The van der Waals surface area contributed by atoms with Crippen molar-refractivity contribution in [2.24, 2.45) is 11.8 Å². The van der Waals surface area contributed by atoms with E-state index >= 15 is 0 Å². The van der Waals surface area contributed by atoms with Crippen molar-refractivity contribution in [3.8, 4) is 0 Å². The van der Waals surface area contributed by atoms with Crippen molar-refractivity contribution in [2.45, 2.75) is 44.4 Å². The average molecular weight is 459 g/mol. The summed E-state index contributed by atoms with van der Waals surface area (Å²) < 4.78 is 36.5. The van der Waals surface area contributed by atoms with Crippen LogP contribution in [0.15, 0.2) is 41.3 Å². The molecule has 0 aliphatic heterocycles. The molecular weight excluding hydrogens is 432 g/mol. The van der Waals surface area contributed by atoms with Gasteiger partial charge >= 0.3 is 0 Å². The van der Waals surface area contributed by atoms with Gasteiger partial charge in [-0.2, -0.15) is 8.75 Å². The van der Waals surface area contributed by atoms with Crippen LogP contribution in [0.2, 0.25) is 0 Å². The SMILES string of the molecule is Cc1cccc(NC(=O)C2CCC(CNS(=O)(=O)c3cccc4nsnc34)CC2)c1C. The van der Waals surface area contributed by atoms with E-state index in [0.29, 0.717) is 17.6 Å². The fraction of sp³-hybridized carbons (Fsp3) is 0.409. The summed E-state index contributed by atoms with van der Waals surface area (Å²) in [5, 5.41) is 3.07. The van der Waals surface area contributed by atoms with E-state index in [2.05, 4.69) is 18.8 Å². The van der Waals surface area contributed by atoms with Crippen LogP contribution < -0.4 is 10.0 Å². The minimum atomic E-state index is -3.66. The van der Waals surface area contributed by atoms with Gasteiger partial charge in [-0.3, -0.25) is 4.79 Å². The summed E-state index contributed by atoms with van der Waals surface area (Å²) in [5.41, 5.74) is 4.10. The van der Waals surface area contributed by atoms with Gasteiger partial charge in [0.25, 0.3) is 0 Å². The standard InChI is InChI=1S/C22H26N4O3S2/c1-14-5-3-6-18(15(14)2)24-22(27)17-11-9-16(10-12-17)13-23-31(28,29)20-8-4-7-19-21(20)26-30-25-19/h3-8,16-17,23H,9-13H2,1-2H3,(H,24,27). The maximum Gasteiger partial charge on any atom is 0.242 e. The summed E-state index contributed by atoms with van der Waals surface area (Å²) >= 11 is 1.00. The van der Waals surface area contributed by atoms with Gasteiger partial charge in [-0.05, 0) is 74.8 Å². The molecule has 0 saturated heterocycles. The average Bonchev–Trinajstić information content (AvgIpc) is 3.25. The first-order chi connectivity index (χ1) is 14.8. The van der Waals surface area contributed by atoms with Crippen LogP contribution in [0, 0.1) is 25.7 Å². The molecular formula is C22H26N4O3S2. The van der Waals surface area contributed by atoms with Gasteiger partial charge in [0.2, 0.25) is 15.9 Å². The maximum atomic E-state index is 12.8. The van der Waals surface area contributed by atoms with Crippen LogP contribution in [0.4, 0.5) is 5.69 Å². The van der Waals surface area contributed by atoms with Crippen LogP contribution in [0.3, 0.4) is 0 Å². The van der Waals surface area contributed by atoms with Crippen molar-refractivity contribution < 1.29 is 13.2 Å². The topological polar surface area (TPSA) is 101 Å². The second-order valence-electron chi connectivity index (χ2n) is 8.19. The Morgan fingerprint density at radius 3 is 2.58 bits per heavy atom. The van der Waals surface area contributed by atoms with Gasteiger partial charge in [0.05, 0.1) is 11.7 Å². The third kappa shape index (κ3) is 4.78. The van der Waals surface area contributed by atoms with Gasteiger partial charge in [0.15, 0.2) is 0 Å². The highest BCUT2D eigenvalue weighted by molar-refractivity contribution is 7.89. The van der Waals surface area contributed by atoms with E-state index in [1.54, 1.807) is 18.2 Å². The number of anilines is 1. The first kappa shape index (κ1) is 21.9. The molecule has 0 spiro atoms. The maximum absolute atomic E-state index is 12.8. The first-order valence-electron chi connectivity index (χ1n) is 10.4. The molecule has 1 aliphatic carbocycles. The second kappa shape index (κ2) is 9.02. The number of benzene rings is 2. The number of aromatic nitrogens is 2. The molecule has 1 amide bonds. The van der Waals surface area contributed by atoms with Crippen LogP contribution in [0.1, 0.15) is 36.8 Å². The Kier molecular flexibility index (Phi) is 6.36. The molecule has 2 aromatic carbocycles. The van der Waals surface area contributed by atoms with Gasteiger partial charge < -0.3 is 5.32 Å². The zero-order valence-electron chi connectivity index (χ0n) is 17.6. The van der Waals surface area contributed by atoms with E-state index in [4.69, 9.17) is 0 Å². The van der Waals surface area contributed by atoms with E-state index in [9.17, 15) is 13.2 Å². The predicted molar refractivity (Wildman–Crippen MR) is 123 cm³/mol. The fourth-order valence-corrected chi connectivity index (χ4v) is 5.93. The molecule has 1 aliphatic rings. The molecule has 1 heterocycles. The van der Waals surface area contributed by atoms with Crippen molar-refractivity contribution in [1.82, 2.24) is 13.5 Å². The molecule has 31 heavy (non-hydrogen) atoms.